The van der Waals surface area contributed by atoms with Gasteiger partial charge in [-0.05, 0) is 36.2 Å². The molecule has 28 heavy (non-hydrogen) atoms. The molecule has 3 aromatic rings. The summed E-state index contributed by atoms with van der Waals surface area (Å²) in [5, 5.41) is 4.03. The lowest BCUT2D eigenvalue weighted by Crippen LogP contribution is -2.48. The van der Waals surface area contributed by atoms with Gasteiger partial charge < -0.3 is 14.2 Å². The molecule has 7 nitrogen and oxygen atoms in total. The van der Waals surface area contributed by atoms with Crippen LogP contribution in [0.15, 0.2) is 53.3 Å². The molecule has 3 heterocycles. The largest absolute Gasteiger partial charge is 0.496 e. The fourth-order valence-corrected chi connectivity index (χ4v) is 3.37. The summed E-state index contributed by atoms with van der Waals surface area (Å²) < 4.78 is 10.7. The number of carbonyl (C=O) groups excluding carboxylic acids is 1. The third-order valence-corrected chi connectivity index (χ3v) is 5.01. The first-order chi connectivity index (χ1) is 13.7. The minimum atomic E-state index is 0.176. The van der Waals surface area contributed by atoms with Gasteiger partial charge in [0.2, 0.25) is 17.6 Å². The van der Waals surface area contributed by atoms with E-state index < -0.39 is 0 Å². The number of hydrogen-bond donors (Lipinski definition) is 0. The van der Waals surface area contributed by atoms with E-state index in [2.05, 4.69) is 15.1 Å². The summed E-state index contributed by atoms with van der Waals surface area (Å²) in [6, 6.07) is 11.6. The van der Waals surface area contributed by atoms with E-state index >= 15 is 0 Å². The minimum absolute atomic E-state index is 0.176. The number of aryl methyl sites for hydroxylation is 1. The molecule has 0 saturated carbocycles. The van der Waals surface area contributed by atoms with Gasteiger partial charge in [0.1, 0.15) is 5.75 Å². The highest BCUT2D eigenvalue weighted by Gasteiger charge is 2.31. The molecule has 144 valence electrons. The van der Waals surface area contributed by atoms with Gasteiger partial charge in [0, 0.05) is 44.2 Å². The molecule has 0 atom stereocenters. The monoisotopic (exact) mass is 378 g/mol. The maximum Gasteiger partial charge on any atom is 0.226 e. The van der Waals surface area contributed by atoms with Gasteiger partial charge in [-0.3, -0.25) is 9.78 Å². The molecule has 0 aliphatic carbocycles. The van der Waals surface area contributed by atoms with Crippen molar-refractivity contribution in [2.24, 2.45) is 0 Å². The van der Waals surface area contributed by atoms with Crippen molar-refractivity contribution in [2.45, 2.75) is 25.2 Å². The first-order valence-corrected chi connectivity index (χ1v) is 9.38. The lowest BCUT2D eigenvalue weighted by molar-refractivity contribution is -0.135. The number of carbonyl (C=O) groups is 1. The van der Waals surface area contributed by atoms with Crippen LogP contribution >= 0.6 is 0 Å². The van der Waals surface area contributed by atoms with Crippen molar-refractivity contribution in [3.05, 3.63) is 60.2 Å². The van der Waals surface area contributed by atoms with Crippen molar-refractivity contribution in [1.29, 1.82) is 0 Å². The number of likely N-dealkylation sites (tertiary alicyclic amines) is 1. The van der Waals surface area contributed by atoms with E-state index in [0.29, 0.717) is 42.6 Å². The zero-order chi connectivity index (χ0) is 19.3. The van der Waals surface area contributed by atoms with Gasteiger partial charge in [0.25, 0.3) is 0 Å². The highest BCUT2D eigenvalue weighted by atomic mass is 16.5. The van der Waals surface area contributed by atoms with Crippen molar-refractivity contribution < 1.29 is 14.1 Å². The van der Waals surface area contributed by atoms with Crippen molar-refractivity contribution in [2.75, 3.05) is 20.2 Å². The van der Waals surface area contributed by atoms with E-state index in [9.17, 15) is 4.79 Å². The molecular formula is C21H22N4O3. The molecule has 2 aromatic heterocycles. The SMILES string of the molecule is COc1ccccc1-c1noc(CCCC(=O)N2CC(c3ccncc3)C2)n1. The van der Waals surface area contributed by atoms with Crippen molar-refractivity contribution in [3.63, 3.8) is 0 Å². The molecule has 7 heteroatoms. The van der Waals surface area contributed by atoms with Gasteiger partial charge in [0.05, 0.1) is 12.7 Å². The zero-order valence-corrected chi connectivity index (χ0v) is 15.7. The van der Waals surface area contributed by atoms with E-state index in [0.717, 1.165) is 18.7 Å². The molecule has 1 amide bonds. The van der Waals surface area contributed by atoms with Crippen LogP contribution in [0.3, 0.4) is 0 Å². The van der Waals surface area contributed by atoms with Crippen LogP contribution in [0.5, 0.6) is 5.75 Å². The lowest BCUT2D eigenvalue weighted by Gasteiger charge is -2.39. The van der Waals surface area contributed by atoms with E-state index in [1.165, 1.54) is 5.56 Å². The Morgan fingerprint density at radius 2 is 2.00 bits per heavy atom. The number of ether oxygens (including phenoxy) is 1. The zero-order valence-electron chi connectivity index (χ0n) is 15.7. The third-order valence-electron chi connectivity index (χ3n) is 5.01. The normalized spacial score (nSPS) is 14.0. The number of pyridine rings is 1. The predicted molar refractivity (Wildman–Crippen MR) is 103 cm³/mol. The van der Waals surface area contributed by atoms with E-state index in [-0.39, 0.29) is 5.91 Å². The summed E-state index contributed by atoms with van der Waals surface area (Å²) in [5.41, 5.74) is 2.03. The van der Waals surface area contributed by atoms with E-state index in [1.54, 1.807) is 19.5 Å². The van der Waals surface area contributed by atoms with Crippen LogP contribution < -0.4 is 4.74 Å². The van der Waals surface area contributed by atoms with Crippen LogP contribution in [0.25, 0.3) is 11.4 Å². The summed E-state index contributed by atoms with van der Waals surface area (Å²) >= 11 is 0. The van der Waals surface area contributed by atoms with Gasteiger partial charge in [-0.2, -0.15) is 4.98 Å². The van der Waals surface area contributed by atoms with E-state index in [4.69, 9.17) is 9.26 Å². The smallest absolute Gasteiger partial charge is 0.226 e. The van der Waals surface area contributed by atoms with Crippen molar-refractivity contribution >= 4 is 5.91 Å². The number of amides is 1. The van der Waals surface area contributed by atoms with Crippen LogP contribution in [-0.2, 0) is 11.2 Å². The van der Waals surface area contributed by atoms with Crippen molar-refractivity contribution in [3.8, 4) is 17.1 Å². The van der Waals surface area contributed by atoms with E-state index in [1.807, 2.05) is 41.3 Å². The lowest BCUT2D eigenvalue weighted by atomic mass is 9.92. The quantitative estimate of drug-likeness (QED) is 0.628. The second-order valence-electron chi connectivity index (χ2n) is 6.84. The Bertz CT molecular complexity index is 936. The minimum Gasteiger partial charge on any atom is -0.496 e. The van der Waals surface area contributed by atoms with Crippen LogP contribution in [0.1, 0.15) is 30.2 Å². The number of hydrogen-bond acceptors (Lipinski definition) is 6. The summed E-state index contributed by atoms with van der Waals surface area (Å²) in [7, 11) is 1.61. The van der Waals surface area contributed by atoms with Gasteiger partial charge in [-0.15, -0.1) is 0 Å². The number of benzene rings is 1. The Morgan fingerprint density at radius 3 is 2.79 bits per heavy atom. The second-order valence-corrected chi connectivity index (χ2v) is 6.84. The molecule has 1 aromatic carbocycles. The molecule has 1 fully saturated rings. The van der Waals surface area contributed by atoms with Crippen LogP contribution in [0.2, 0.25) is 0 Å². The number of aromatic nitrogens is 3. The number of methoxy groups -OCH3 is 1. The van der Waals surface area contributed by atoms with Crippen molar-refractivity contribution in [1.82, 2.24) is 20.0 Å². The third kappa shape index (κ3) is 3.88. The Labute approximate surface area is 163 Å². The van der Waals surface area contributed by atoms with Crippen LogP contribution in [-0.4, -0.2) is 46.1 Å². The molecule has 0 unspecified atom stereocenters. The molecule has 0 N–H and O–H groups in total. The van der Waals surface area contributed by atoms with Crippen LogP contribution in [0, 0.1) is 0 Å². The Kier molecular flexibility index (Phi) is 5.32. The molecule has 0 bridgehead atoms. The summed E-state index contributed by atoms with van der Waals surface area (Å²) in [6.45, 7) is 1.56. The average molecular weight is 378 g/mol. The number of nitrogens with zero attached hydrogens (tertiary/aromatic N) is 4. The molecule has 0 radical (unpaired) electrons. The summed E-state index contributed by atoms with van der Waals surface area (Å²) in [6.07, 6.45) is 5.33. The number of para-hydroxylation sites is 1. The average Bonchev–Trinajstić information content (AvgIpc) is 3.16. The van der Waals surface area contributed by atoms with Crippen LogP contribution in [0.4, 0.5) is 0 Å². The maximum atomic E-state index is 12.3. The first kappa shape index (κ1) is 18.2. The molecule has 1 aliphatic rings. The first-order valence-electron chi connectivity index (χ1n) is 9.38. The molecule has 1 aliphatic heterocycles. The molecular weight excluding hydrogens is 356 g/mol. The fraction of sp³-hybridized carbons (Fsp3) is 0.333. The molecule has 1 saturated heterocycles. The topological polar surface area (TPSA) is 81.4 Å². The summed E-state index contributed by atoms with van der Waals surface area (Å²) in [5.74, 6) is 2.33. The Hall–Kier alpha value is -3.22. The number of rotatable bonds is 7. The Morgan fingerprint density at radius 1 is 1.21 bits per heavy atom. The fourth-order valence-electron chi connectivity index (χ4n) is 3.37. The maximum absolute atomic E-state index is 12.3. The highest BCUT2D eigenvalue weighted by Crippen LogP contribution is 2.28. The van der Waals surface area contributed by atoms with Gasteiger partial charge >= 0.3 is 0 Å². The molecule has 4 rings (SSSR count). The molecule has 0 spiro atoms. The van der Waals surface area contributed by atoms with Gasteiger partial charge in [-0.25, -0.2) is 0 Å². The predicted octanol–water partition coefficient (Wildman–Crippen LogP) is 3.09. The van der Waals surface area contributed by atoms with Gasteiger partial charge in [-0.1, -0.05) is 17.3 Å². The Balaban J connectivity index is 1.25. The summed E-state index contributed by atoms with van der Waals surface area (Å²) in [4.78, 5) is 22.7. The highest BCUT2D eigenvalue weighted by molar-refractivity contribution is 5.77. The second kappa shape index (κ2) is 8.21. The van der Waals surface area contributed by atoms with Gasteiger partial charge in [0.15, 0.2) is 0 Å². The standard InChI is InChI=1S/C21H22N4O3/c1-27-18-6-3-2-5-17(18)21-23-19(28-24-21)7-4-8-20(26)25-13-16(14-25)15-9-11-22-12-10-15/h2-3,5-6,9-12,16H,4,7-8,13-14H2,1H3.